The smallest absolute Gasteiger partial charge is 0.0295 e. The fourth-order valence-corrected chi connectivity index (χ4v) is 5.93. The summed E-state index contributed by atoms with van der Waals surface area (Å²) in [4.78, 5) is 0. The number of hydrogen-bond donors (Lipinski definition) is 0. The van der Waals surface area contributed by atoms with Gasteiger partial charge in [0, 0.05) is 0 Å². The third-order valence-corrected chi connectivity index (χ3v) is 7.37. The van der Waals surface area contributed by atoms with E-state index in [0.29, 0.717) is 10.8 Å². The van der Waals surface area contributed by atoms with Crippen molar-refractivity contribution in [2.45, 2.75) is 107 Å². The summed E-state index contributed by atoms with van der Waals surface area (Å²) in [5.74, 6) is 3.86. The molecule has 0 radical (unpaired) electrons. The molecule has 0 aromatic carbocycles. The monoisotopic (exact) mass is 308 g/mol. The van der Waals surface area contributed by atoms with Gasteiger partial charge in [0.2, 0.25) is 0 Å². The molecular weight excluding hydrogens is 264 g/mol. The van der Waals surface area contributed by atoms with E-state index in [1.54, 1.807) is 0 Å². The molecule has 0 spiro atoms. The van der Waals surface area contributed by atoms with E-state index in [0.717, 1.165) is 23.7 Å². The average molecular weight is 309 g/mol. The highest BCUT2D eigenvalue weighted by atomic mass is 14.5. The van der Waals surface area contributed by atoms with Crippen LogP contribution in [0.1, 0.15) is 107 Å². The van der Waals surface area contributed by atoms with Crippen molar-refractivity contribution in [3.63, 3.8) is 0 Å². The van der Waals surface area contributed by atoms with Crippen molar-refractivity contribution in [1.82, 2.24) is 0 Å². The summed E-state index contributed by atoms with van der Waals surface area (Å²) >= 11 is 0. The Morgan fingerprint density at radius 3 is 2.09 bits per heavy atom. The molecule has 0 nitrogen and oxygen atoms in total. The van der Waals surface area contributed by atoms with E-state index in [1.807, 2.05) is 13.8 Å². The van der Waals surface area contributed by atoms with Gasteiger partial charge in [-0.05, 0) is 66.6 Å². The van der Waals surface area contributed by atoms with Gasteiger partial charge in [0.15, 0.2) is 0 Å². The van der Waals surface area contributed by atoms with E-state index in [4.69, 9.17) is 0 Å². The molecule has 6 atom stereocenters. The molecule has 6 unspecified atom stereocenters. The highest BCUT2D eigenvalue weighted by Crippen LogP contribution is 2.59. The Morgan fingerprint density at radius 1 is 1.00 bits per heavy atom. The normalized spacial score (nSPS) is 45.3. The zero-order valence-corrected chi connectivity index (χ0v) is 17.0. The minimum absolute atomic E-state index is 0.604. The molecule has 0 heteroatoms. The lowest BCUT2D eigenvalue weighted by Gasteiger charge is -2.52. The maximum atomic E-state index is 2.62. The van der Waals surface area contributed by atoms with Crippen LogP contribution in [0.2, 0.25) is 0 Å². The Hall–Kier alpha value is 0. The van der Waals surface area contributed by atoms with Gasteiger partial charge in [0.1, 0.15) is 0 Å². The Balaban J connectivity index is 0.00000116. The lowest BCUT2D eigenvalue weighted by atomic mass is 9.53. The van der Waals surface area contributed by atoms with Gasteiger partial charge in [-0.3, -0.25) is 0 Å². The Kier molecular flexibility index (Phi) is 7.47. The van der Waals surface area contributed by atoms with Crippen molar-refractivity contribution in [2.24, 2.45) is 34.5 Å². The molecule has 0 aromatic rings. The van der Waals surface area contributed by atoms with Crippen LogP contribution in [0, 0.1) is 34.5 Å². The number of hydrogen-bond acceptors (Lipinski definition) is 0. The summed E-state index contributed by atoms with van der Waals surface area (Å²) < 4.78 is 0. The quantitative estimate of drug-likeness (QED) is 0.498. The first-order valence-corrected chi connectivity index (χ1v) is 10.3. The molecule has 2 aliphatic carbocycles. The van der Waals surface area contributed by atoms with E-state index in [1.165, 1.54) is 51.4 Å². The topological polar surface area (TPSA) is 0 Å². The SMILES string of the molecule is CC.CCCC1C(C)CC(C2(C)CCC(C)C2)CC1(C)CC. The van der Waals surface area contributed by atoms with Crippen LogP contribution in [0.4, 0.5) is 0 Å². The van der Waals surface area contributed by atoms with Crippen LogP contribution < -0.4 is 0 Å². The molecular formula is C22H44. The van der Waals surface area contributed by atoms with Crippen molar-refractivity contribution in [1.29, 1.82) is 0 Å². The highest BCUT2D eigenvalue weighted by Gasteiger charge is 2.49. The van der Waals surface area contributed by atoms with Gasteiger partial charge in [-0.15, -0.1) is 0 Å². The van der Waals surface area contributed by atoms with E-state index in [2.05, 4.69) is 41.5 Å². The predicted molar refractivity (Wildman–Crippen MR) is 101 cm³/mol. The molecule has 0 saturated heterocycles. The van der Waals surface area contributed by atoms with Gasteiger partial charge in [-0.2, -0.15) is 0 Å². The van der Waals surface area contributed by atoms with E-state index in [-0.39, 0.29) is 0 Å². The first kappa shape index (κ1) is 20.0. The first-order valence-electron chi connectivity index (χ1n) is 10.3. The van der Waals surface area contributed by atoms with Crippen molar-refractivity contribution >= 4 is 0 Å². The molecule has 0 amide bonds. The summed E-state index contributed by atoms with van der Waals surface area (Å²) in [5.41, 5.74) is 1.26. The van der Waals surface area contributed by atoms with Crippen molar-refractivity contribution in [3.8, 4) is 0 Å². The third kappa shape index (κ3) is 4.09. The predicted octanol–water partition coefficient (Wildman–Crippen LogP) is 7.72. The van der Waals surface area contributed by atoms with Gasteiger partial charge in [-0.1, -0.05) is 74.7 Å². The van der Waals surface area contributed by atoms with Crippen molar-refractivity contribution in [2.75, 3.05) is 0 Å². The van der Waals surface area contributed by atoms with Gasteiger partial charge in [0.25, 0.3) is 0 Å². The molecule has 2 fully saturated rings. The average Bonchev–Trinajstić information content (AvgIpc) is 2.85. The molecule has 0 bridgehead atoms. The maximum Gasteiger partial charge on any atom is -0.0295 e. The zero-order chi connectivity index (χ0) is 17.0. The van der Waals surface area contributed by atoms with E-state index >= 15 is 0 Å². The Labute approximate surface area is 141 Å². The second-order valence-electron chi connectivity index (χ2n) is 9.02. The van der Waals surface area contributed by atoms with Crippen molar-refractivity contribution in [3.05, 3.63) is 0 Å². The van der Waals surface area contributed by atoms with Crippen LogP contribution in [0.5, 0.6) is 0 Å². The zero-order valence-electron chi connectivity index (χ0n) is 17.0. The van der Waals surface area contributed by atoms with Crippen LogP contribution in [-0.2, 0) is 0 Å². The first-order chi connectivity index (χ1) is 10.3. The lowest BCUT2D eigenvalue weighted by molar-refractivity contribution is -0.0258. The summed E-state index contributed by atoms with van der Waals surface area (Å²) in [6, 6.07) is 0. The molecule has 0 aliphatic heterocycles. The fourth-order valence-electron chi connectivity index (χ4n) is 5.93. The standard InChI is InChI=1S/C20H38.C2H6/c1-7-9-18-16(4)12-17(14-19(18,5)8-2)20(6)11-10-15(3)13-20;1-2/h15-18H,7-14H2,1-6H3;1-2H3. The summed E-state index contributed by atoms with van der Waals surface area (Å²) in [6.07, 6.45) is 11.7. The lowest BCUT2D eigenvalue weighted by Crippen LogP contribution is -2.43. The van der Waals surface area contributed by atoms with Gasteiger partial charge in [-0.25, -0.2) is 0 Å². The Bertz CT molecular complexity index is 320. The molecule has 0 heterocycles. The van der Waals surface area contributed by atoms with Crippen LogP contribution in [0.15, 0.2) is 0 Å². The van der Waals surface area contributed by atoms with Crippen LogP contribution in [0.25, 0.3) is 0 Å². The molecule has 2 saturated carbocycles. The molecule has 0 aromatic heterocycles. The second-order valence-corrected chi connectivity index (χ2v) is 9.02. The minimum Gasteiger partial charge on any atom is -0.0683 e. The summed E-state index contributed by atoms with van der Waals surface area (Å²) in [6.45, 7) is 19.1. The van der Waals surface area contributed by atoms with Gasteiger partial charge < -0.3 is 0 Å². The van der Waals surface area contributed by atoms with Crippen LogP contribution in [0.3, 0.4) is 0 Å². The molecule has 0 N–H and O–H groups in total. The van der Waals surface area contributed by atoms with Crippen LogP contribution >= 0.6 is 0 Å². The summed E-state index contributed by atoms with van der Waals surface area (Å²) in [5, 5.41) is 0. The highest BCUT2D eigenvalue weighted by molar-refractivity contribution is 4.99. The van der Waals surface area contributed by atoms with Gasteiger partial charge >= 0.3 is 0 Å². The minimum atomic E-state index is 0.604. The Morgan fingerprint density at radius 2 is 1.64 bits per heavy atom. The molecule has 2 rings (SSSR count). The fraction of sp³-hybridized carbons (Fsp3) is 1.00. The molecule has 132 valence electrons. The second kappa shape index (κ2) is 8.20. The third-order valence-electron chi connectivity index (χ3n) is 7.37. The van der Waals surface area contributed by atoms with Gasteiger partial charge in [0.05, 0.1) is 0 Å². The van der Waals surface area contributed by atoms with E-state index < -0.39 is 0 Å². The summed E-state index contributed by atoms with van der Waals surface area (Å²) in [7, 11) is 0. The molecule has 2 aliphatic rings. The maximum absolute atomic E-state index is 2.62. The molecule has 22 heavy (non-hydrogen) atoms. The van der Waals surface area contributed by atoms with Crippen molar-refractivity contribution < 1.29 is 0 Å². The van der Waals surface area contributed by atoms with Crippen LogP contribution in [-0.4, -0.2) is 0 Å². The largest absolute Gasteiger partial charge is 0.0683 e. The number of rotatable bonds is 4. The van der Waals surface area contributed by atoms with E-state index in [9.17, 15) is 0 Å².